The number of halogens is 1. The van der Waals surface area contributed by atoms with E-state index >= 15 is 0 Å². The standard InChI is InChI=1S/C31H39FN2O2/c1-3-5-7-8-9-10-11-12-14-24-15-20-29(28(32)21-24)36-31(35)27-18-16-26(17-19-27)30-33-22-25(23-34-30)13-6-4-2/h15-23H,3-14H2,1-2H3. The maximum absolute atomic E-state index is 14.6. The molecule has 0 atom stereocenters. The van der Waals surface area contributed by atoms with E-state index in [1.165, 1.54) is 44.6 Å². The van der Waals surface area contributed by atoms with E-state index in [9.17, 15) is 9.18 Å². The highest BCUT2D eigenvalue weighted by Crippen LogP contribution is 2.22. The van der Waals surface area contributed by atoms with E-state index in [0.717, 1.165) is 55.2 Å². The third-order valence-electron chi connectivity index (χ3n) is 6.42. The van der Waals surface area contributed by atoms with E-state index < -0.39 is 11.8 Å². The van der Waals surface area contributed by atoms with E-state index in [-0.39, 0.29) is 5.75 Å². The minimum atomic E-state index is -0.591. The highest BCUT2D eigenvalue weighted by Gasteiger charge is 2.13. The van der Waals surface area contributed by atoms with Gasteiger partial charge in [0.15, 0.2) is 17.4 Å². The van der Waals surface area contributed by atoms with Crippen molar-refractivity contribution in [3.8, 4) is 17.1 Å². The van der Waals surface area contributed by atoms with Gasteiger partial charge >= 0.3 is 5.97 Å². The largest absolute Gasteiger partial charge is 0.420 e. The summed E-state index contributed by atoms with van der Waals surface area (Å²) in [6, 6.07) is 11.7. The Morgan fingerprint density at radius 1 is 0.750 bits per heavy atom. The monoisotopic (exact) mass is 490 g/mol. The van der Waals surface area contributed by atoms with Crippen LogP contribution in [-0.4, -0.2) is 15.9 Å². The molecule has 0 aliphatic heterocycles. The maximum atomic E-state index is 14.6. The van der Waals surface area contributed by atoms with E-state index in [4.69, 9.17) is 4.74 Å². The van der Waals surface area contributed by atoms with Crippen LogP contribution in [0.5, 0.6) is 5.75 Å². The van der Waals surface area contributed by atoms with E-state index in [1.807, 2.05) is 18.5 Å². The summed E-state index contributed by atoms with van der Waals surface area (Å²) in [4.78, 5) is 21.4. The predicted molar refractivity (Wildman–Crippen MR) is 144 cm³/mol. The maximum Gasteiger partial charge on any atom is 0.343 e. The Bertz CT molecular complexity index is 1060. The summed E-state index contributed by atoms with van der Waals surface area (Å²) in [5.74, 6) is -0.538. The zero-order valence-electron chi connectivity index (χ0n) is 21.8. The number of aromatic nitrogens is 2. The lowest BCUT2D eigenvalue weighted by Crippen LogP contribution is -2.09. The molecule has 5 heteroatoms. The van der Waals surface area contributed by atoms with Gasteiger partial charge < -0.3 is 4.74 Å². The van der Waals surface area contributed by atoms with Crippen LogP contribution < -0.4 is 4.74 Å². The van der Waals surface area contributed by atoms with E-state index in [0.29, 0.717) is 11.4 Å². The van der Waals surface area contributed by atoms with Gasteiger partial charge in [-0.1, -0.05) is 83.4 Å². The summed E-state index contributed by atoms with van der Waals surface area (Å²) in [5.41, 5.74) is 3.21. The first-order valence-electron chi connectivity index (χ1n) is 13.5. The molecular weight excluding hydrogens is 451 g/mol. The SMILES string of the molecule is CCCCCCCCCCc1ccc(OC(=O)c2ccc(-c3ncc(CCCC)cn3)cc2)c(F)c1. The van der Waals surface area contributed by atoms with Crippen molar-refractivity contribution in [1.82, 2.24) is 9.97 Å². The Labute approximate surface area is 215 Å². The molecule has 2 aromatic carbocycles. The normalized spacial score (nSPS) is 11.0. The van der Waals surface area contributed by atoms with Gasteiger partial charge in [0.05, 0.1) is 5.56 Å². The Morgan fingerprint density at radius 3 is 2.00 bits per heavy atom. The molecule has 0 spiro atoms. The fourth-order valence-corrected chi connectivity index (χ4v) is 4.17. The average molecular weight is 491 g/mol. The van der Waals surface area contributed by atoms with Gasteiger partial charge in [0, 0.05) is 18.0 Å². The molecule has 0 N–H and O–H groups in total. The van der Waals surface area contributed by atoms with E-state index in [1.54, 1.807) is 30.3 Å². The summed E-state index contributed by atoms with van der Waals surface area (Å²) < 4.78 is 19.9. The van der Waals surface area contributed by atoms with Gasteiger partial charge in [-0.05, 0) is 61.1 Å². The van der Waals surface area contributed by atoms with Crippen LogP contribution in [0.4, 0.5) is 4.39 Å². The van der Waals surface area contributed by atoms with Crippen LogP contribution in [0, 0.1) is 5.82 Å². The lowest BCUT2D eigenvalue weighted by molar-refractivity contribution is 0.0728. The first-order chi connectivity index (χ1) is 17.6. The Kier molecular flexibility index (Phi) is 11.6. The summed E-state index contributed by atoms with van der Waals surface area (Å²) in [6.45, 7) is 4.39. The first-order valence-corrected chi connectivity index (χ1v) is 13.5. The van der Waals surface area contributed by atoms with Crippen molar-refractivity contribution in [3.63, 3.8) is 0 Å². The fourth-order valence-electron chi connectivity index (χ4n) is 4.17. The van der Waals surface area contributed by atoms with Gasteiger partial charge in [-0.25, -0.2) is 19.2 Å². The number of hydrogen-bond donors (Lipinski definition) is 0. The second-order valence-electron chi connectivity index (χ2n) is 9.47. The number of rotatable bonds is 15. The number of ether oxygens (including phenoxy) is 1. The minimum Gasteiger partial charge on any atom is -0.420 e. The second-order valence-corrected chi connectivity index (χ2v) is 9.47. The molecule has 0 aliphatic carbocycles. The van der Waals surface area contributed by atoms with Crippen LogP contribution in [0.15, 0.2) is 54.9 Å². The van der Waals surface area contributed by atoms with Gasteiger partial charge in [0.2, 0.25) is 0 Å². The quantitative estimate of drug-likeness (QED) is 0.122. The van der Waals surface area contributed by atoms with Crippen LogP contribution in [0.25, 0.3) is 11.4 Å². The highest BCUT2D eigenvalue weighted by atomic mass is 19.1. The predicted octanol–water partition coefficient (Wildman–Crippen LogP) is 8.53. The molecule has 1 aromatic heterocycles. The zero-order valence-corrected chi connectivity index (χ0v) is 21.8. The van der Waals surface area contributed by atoms with Gasteiger partial charge in [-0.2, -0.15) is 0 Å². The summed E-state index contributed by atoms with van der Waals surface area (Å²) >= 11 is 0. The molecule has 0 amide bonds. The topological polar surface area (TPSA) is 52.1 Å². The molecule has 0 radical (unpaired) electrons. The van der Waals surface area contributed by atoms with Crippen LogP contribution in [0.1, 0.15) is 99.5 Å². The molecule has 3 aromatic rings. The van der Waals surface area contributed by atoms with Crippen LogP contribution in [-0.2, 0) is 12.8 Å². The molecule has 4 nitrogen and oxygen atoms in total. The van der Waals surface area contributed by atoms with Crippen molar-refractivity contribution < 1.29 is 13.9 Å². The van der Waals surface area contributed by atoms with Gasteiger partial charge in [-0.3, -0.25) is 0 Å². The first kappa shape index (κ1) is 27.5. The highest BCUT2D eigenvalue weighted by molar-refractivity contribution is 5.91. The van der Waals surface area contributed by atoms with Gasteiger partial charge in [-0.15, -0.1) is 0 Å². The molecule has 0 aliphatic rings. The summed E-state index contributed by atoms with van der Waals surface area (Å²) in [6.07, 6.45) is 17.7. The molecule has 36 heavy (non-hydrogen) atoms. The number of carbonyl (C=O) groups excluding carboxylic acids is 1. The number of carbonyl (C=O) groups is 1. The van der Waals surface area contributed by atoms with Gasteiger partial charge in [0.1, 0.15) is 0 Å². The van der Waals surface area contributed by atoms with Crippen molar-refractivity contribution in [2.75, 3.05) is 0 Å². The third-order valence-corrected chi connectivity index (χ3v) is 6.42. The molecule has 0 saturated carbocycles. The van der Waals surface area contributed by atoms with Crippen LogP contribution in [0.3, 0.4) is 0 Å². The lowest BCUT2D eigenvalue weighted by Gasteiger charge is -2.08. The molecule has 0 saturated heterocycles. The number of aryl methyl sites for hydroxylation is 2. The van der Waals surface area contributed by atoms with Crippen molar-refractivity contribution in [1.29, 1.82) is 0 Å². The summed E-state index contributed by atoms with van der Waals surface area (Å²) in [5, 5.41) is 0. The number of esters is 1. The fraction of sp³-hybridized carbons (Fsp3) is 0.452. The smallest absolute Gasteiger partial charge is 0.343 e. The summed E-state index contributed by atoms with van der Waals surface area (Å²) in [7, 11) is 0. The molecule has 0 fully saturated rings. The molecule has 1 heterocycles. The molecule has 3 rings (SSSR count). The van der Waals surface area contributed by atoms with Crippen molar-refractivity contribution >= 4 is 5.97 Å². The zero-order chi connectivity index (χ0) is 25.6. The average Bonchev–Trinajstić information content (AvgIpc) is 2.91. The van der Waals surface area contributed by atoms with Crippen molar-refractivity contribution in [3.05, 3.63) is 77.4 Å². The molecule has 192 valence electrons. The molecular formula is C31H39FN2O2. The Hall–Kier alpha value is -3.08. The minimum absolute atomic E-state index is 0.0465. The third kappa shape index (κ3) is 8.85. The number of nitrogens with zero attached hydrogens (tertiary/aromatic N) is 2. The molecule has 0 unspecified atom stereocenters. The number of benzene rings is 2. The van der Waals surface area contributed by atoms with Crippen LogP contribution in [0.2, 0.25) is 0 Å². The lowest BCUT2D eigenvalue weighted by atomic mass is 10.0. The van der Waals surface area contributed by atoms with E-state index in [2.05, 4.69) is 23.8 Å². The van der Waals surface area contributed by atoms with Crippen molar-refractivity contribution in [2.45, 2.75) is 90.9 Å². The second kappa shape index (κ2) is 15.1. The van der Waals surface area contributed by atoms with Gasteiger partial charge in [0.25, 0.3) is 0 Å². The molecule has 0 bridgehead atoms. The van der Waals surface area contributed by atoms with Crippen molar-refractivity contribution in [2.24, 2.45) is 0 Å². The number of unbranched alkanes of at least 4 members (excludes halogenated alkanes) is 8. The Morgan fingerprint density at radius 2 is 1.36 bits per heavy atom. The number of hydrogen-bond acceptors (Lipinski definition) is 4. The van der Waals surface area contributed by atoms with Crippen LogP contribution >= 0.6 is 0 Å². The Balaban J connectivity index is 1.48.